The fourth-order valence-corrected chi connectivity index (χ4v) is 1.44. The molecule has 0 spiro atoms. The molecule has 0 saturated carbocycles. The van der Waals surface area contributed by atoms with Crippen LogP contribution in [0, 0.1) is 18.2 Å². The van der Waals surface area contributed by atoms with Gasteiger partial charge in [-0.3, -0.25) is 0 Å². The van der Waals surface area contributed by atoms with Crippen molar-refractivity contribution in [1.29, 1.82) is 0 Å². The molecule has 14 heavy (non-hydrogen) atoms. The highest BCUT2D eigenvalue weighted by Crippen LogP contribution is 2.24. The van der Waals surface area contributed by atoms with E-state index in [-0.39, 0.29) is 11.1 Å². The second kappa shape index (κ2) is 4.99. The highest BCUT2D eigenvalue weighted by Gasteiger charge is 2.13. The summed E-state index contributed by atoms with van der Waals surface area (Å²) in [6.45, 7) is 2.64. The smallest absolute Gasteiger partial charge is 0.142 e. The molecule has 1 N–H and O–H groups in total. The summed E-state index contributed by atoms with van der Waals surface area (Å²) >= 11 is 5.79. The van der Waals surface area contributed by atoms with Gasteiger partial charge in [0.05, 0.1) is 11.1 Å². The molecule has 1 nitrogen and oxygen atoms in total. The standard InChI is InChI=1S/C11H11ClFN/c1-3-10(14-4-2)8-6-5-7-9(13)11(8)12/h1,5-7,10,14H,4H2,2H3. The maximum atomic E-state index is 13.1. The normalized spacial score (nSPS) is 12.1. The van der Waals surface area contributed by atoms with Crippen LogP contribution >= 0.6 is 11.6 Å². The molecule has 0 amide bonds. The van der Waals surface area contributed by atoms with Crippen LogP contribution in [0.3, 0.4) is 0 Å². The zero-order valence-corrected chi connectivity index (χ0v) is 8.61. The molecule has 0 aromatic heterocycles. The first-order valence-corrected chi connectivity index (χ1v) is 4.72. The lowest BCUT2D eigenvalue weighted by atomic mass is 10.1. The van der Waals surface area contributed by atoms with Crippen molar-refractivity contribution < 1.29 is 4.39 Å². The molecule has 3 heteroatoms. The molecule has 0 saturated heterocycles. The van der Waals surface area contributed by atoms with Crippen LogP contribution in [0.2, 0.25) is 5.02 Å². The van der Waals surface area contributed by atoms with E-state index in [1.165, 1.54) is 6.07 Å². The van der Waals surface area contributed by atoms with Crippen LogP contribution in [0.1, 0.15) is 18.5 Å². The largest absolute Gasteiger partial charge is 0.300 e. The Labute approximate surface area is 88.3 Å². The maximum absolute atomic E-state index is 13.1. The second-order valence-corrected chi connectivity index (χ2v) is 3.18. The van der Waals surface area contributed by atoms with E-state index in [0.29, 0.717) is 12.1 Å². The van der Waals surface area contributed by atoms with E-state index in [1.54, 1.807) is 12.1 Å². The van der Waals surface area contributed by atoms with Crippen molar-refractivity contribution in [2.24, 2.45) is 0 Å². The lowest BCUT2D eigenvalue weighted by Crippen LogP contribution is -2.19. The van der Waals surface area contributed by atoms with Crippen LogP contribution in [0.5, 0.6) is 0 Å². The monoisotopic (exact) mass is 211 g/mol. The quantitative estimate of drug-likeness (QED) is 0.759. The summed E-state index contributed by atoms with van der Waals surface area (Å²) in [6, 6.07) is 4.30. The lowest BCUT2D eigenvalue weighted by Gasteiger charge is -2.13. The molecule has 0 heterocycles. The summed E-state index contributed by atoms with van der Waals surface area (Å²) in [5, 5.41) is 3.12. The third-order valence-corrected chi connectivity index (χ3v) is 2.27. The minimum atomic E-state index is -0.442. The average Bonchev–Trinajstić information content (AvgIpc) is 2.19. The summed E-state index contributed by atoms with van der Waals surface area (Å²) in [7, 11) is 0. The summed E-state index contributed by atoms with van der Waals surface area (Å²) in [6.07, 6.45) is 5.32. The first-order valence-electron chi connectivity index (χ1n) is 4.34. The molecule has 1 aromatic carbocycles. The first kappa shape index (κ1) is 11.0. The molecule has 0 radical (unpaired) electrons. The SMILES string of the molecule is C#CC(NCC)c1cccc(F)c1Cl. The van der Waals surface area contributed by atoms with Gasteiger partial charge in [-0.15, -0.1) is 6.42 Å². The van der Waals surface area contributed by atoms with Crippen molar-refractivity contribution in [2.45, 2.75) is 13.0 Å². The molecule has 1 atom stereocenters. The van der Waals surface area contributed by atoms with Gasteiger partial charge in [-0.25, -0.2) is 4.39 Å². The lowest BCUT2D eigenvalue weighted by molar-refractivity contribution is 0.615. The topological polar surface area (TPSA) is 12.0 Å². The summed E-state index contributed by atoms with van der Waals surface area (Å²) in [4.78, 5) is 0. The van der Waals surface area contributed by atoms with E-state index in [1.807, 2.05) is 6.92 Å². The van der Waals surface area contributed by atoms with E-state index in [4.69, 9.17) is 18.0 Å². The van der Waals surface area contributed by atoms with E-state index in [2.05, 4.69) is 11.2 Å². The van der Waals surface area contributed by atoms with E-state index in [9.17, 15) is 4.39 Å². The van der Waals surface area contributed by atoms with Crippen LogP contribution in [0.4, 0.5) is 4.39 Å². The minimum Gasteiger partial charge on any atom is -0.300 e. The van der Waals surface area contributed by atoms with Crippen LogP contribution < -0.4 is 5.32 Å². The highest BCUT2D eigenvalue weighted by molar-refractivity contribution is 6.31. The van der Waals surface area contributed by atoms with Gasteiger partial charge in [0.2, 0.25) is 0 Å². The molecule has 0 aliphatic carbocycles. The van der Waals surface area contributed by atoms with Crippen molar-refractivity contribution in [2.75, 3.05) is 6.54 Å². The van der Waals surface area contributed by atoms with Gasteiger partial charge in [-0.1, -0.05) is 36.6 Å². The van der Waals surface area contributed by atoms with Gasteiger partial charge in [-0.05, 0) is 12.6 Å². The van der Waals surface area contributed by atoms with E-state index >= 15 is 0 Å². The van der Waals surface area contributed by atoms with Gasteiger partial charge in [0.15, 0.2) is 0 Å². The molecule has 0 aliphatic heterocycles. The number of nitrogens with one attached hydrogen (secondary N) is 1. The fourth-order valence-electron chi connectivity index (χ4n) is 1.21. The van der Waals surface area contributed by atoms with Crippen LogP contribution in [-0.2, 0) is 0 Å². The van der Waals surface area contributed by atoms with Crippen molar-refractivity contribution in [3.05, 3.63) is 34.6 Å². The van der Waals surface area contributed by atoms with Gasteiger partial charge < -0.3 is 5.32 Å². The van der Waals surface area contributed by atoms with E-state index in [0.717, 1.165) is 0 Å². The first-order chi connectivity index (χ1) is 6.70. The number of hydrogen-bond acceptors (Lipinski definition) is 1. The zero-order valence-electron chi connectivity index (χ0n) is 7.85. The Morgan fingerprint density at radius 1 is 1.64 bits per heavy atom. The third-order valence-electron chi connectivity index (χ3n) is 1.87. The number of halogens is 2. The number of terminal acetylenes is 1. The Morgan fingerprint density at radius 3 is 2.93 bits per heavy atom. The van der Waals surface area contributed by atoms with Crippen LogP contribution in [0.25, 0.3) is 0 Å². The highest BCUT2D eigenvalue weighted by atomic mass is 35.5. The molecule has 0 bridgehead atoms. The fraction of sp³-hybridized carbons (Fsp3) is 0.273. The van der Waals surface area contributed by atoms with Gasteiger partial charge in [0, 0.05) is 5.56 Å². The molecule has 0 aliphatic rings. The van der Waals surface area contributed by atoms with Crippen LogP contribution in [0.15, 0.2) is 18.2 Å². The summed E-state index contributed by atoms with van der Waals surface area (Å²) < 4.78 is 13.1. The van der Waals surface area contributed by atoms with Crippen molar-refractivity contribution in [3.63, 3.8) is 0 Å². The average molecular weight is 212 g/mol. The maximum Gasteiger partial charge on any atom is 0.142 e. The predicted molar refractivity (Wildman–Crippen MR) is 56.7 cm³/mol. The summed E-state index contributed by atoms with van der Waals surface area (Å²) in [5.74, 6) is 2.08. The summed E-state index contributed by atoms with van der Waals surface area (Å²) in [5.41, 5.74) is 0.607. The van der Waals surface area contributed by atoms with Gasteiger partial charge in [0.25, 0.3) is 0 Å². The molecule has 1 aromatic rings. The molecule has 1 rings (SSSR count). The Balaban J connectivity index is 3.05. The predicted octanol–water partition coefficient (Wildman–Crippen LogP) is 2.76. The zero-order chi connectivity index (χ0) is 10.6. The molecular weight excluding hydrogens is 201 g/mol. The van der Waals surface area contributed by atoms with Crippen molar-refractivity contribution in [1.82, 2.24) is 5.32 Å². The van der Waals surface area contributed by atoms with Crippen molar-refractivity contribution >= 4 is 11.6 Å². The Bertz CT molecular complexity index is 357. The minimum absolute atomic E-state index is 0.0939. The second-order valence-electron chi connectivity index (χ2n) is 2.80. The van der Waals surface area contributed by atoms with Gasteiger partial charge >= 0.3 is 0 Å². The van der Waals surface area contributed by atoms with Gasteiger partial charge in [-0.2, -0.15) is 0 Å². The van der Waals surface area contributed by atoms with Crippen molar-refractivity contribution in [3.8, 4) is 12.3 Å². The molecular formula is C11H11ClFN. The van der Waals surface area contributed by atoms with Crippen LogP contribution in [-0.4, -0.2) is 6.54 Å². The Kier molecular flexibility index (Phi) is 3.94. The Hall–Kier alpha value is -1.04. The number of benzene rings is 1. The molecule has 1 unspecified atom stereocenters. The number of rotatable bonds is 3. The molecule has 74 valence electrons. The molecule has 0 fully saturated rings. The number of hydrogen-bond donors (Lipinski definition) is 1. The van der Waals surface area contributed by atoms with E-state index < -0.39 is 5.82 Å². The van der Waals surface area contributed by atoms with Gasteiger partial charge in [0.1, 0.15) is 5.82 Å². The third kappa shape index (κ3) is 2.25. The Morgan fingerprint density at radius 2 is 2.36 bits per heavy atom.